The standard InChI is InChI=1S/C10H9FIN3O/c1-5-9(13)10(12)15(14-5)8-3-2-6(16)4-7(8)11/h2-4,16H,13H2,1H3. The molecule has 4 nitrogen and oxygen atoms in total. The van der Waals surface area contributed by atoms with Crippen LogP contribution >= 0.6 is 22.6 Å². The Hall–Kier alpha value is -1.31. The molecule has 6 heteroatoms. The number of hydrogen-bond donors (Lipinski definition) is 2. The highest BCUT2D eigenvalue weighted by Gasteiger charge is 2.14. The molecule has 1 aromatic carbocycles. The number of halogens is 2. The second kappa shape index (κ2) is 3.93. The van der Waals surface area contributed by atoms with Crippen molar-refractivity contribution >= 4 is 28.3 Å². The van der Waals surface area contributed by atoms with Crippen molar-refractivity contribution in [2.45, 2.75) is 6.92 Å². The van der Waals surface area contributed by atoms with Crippen molar-refractivity contribution in [3.05, 3.63) is 33.4 Å². The highest BCUT2D eigenvalue weighted by Crippen LogP contribution is 2.25. The molecule has 2 rings (SSSR count). The van der Waals surface area contributed by atoms with E-state index in [4.69, 9.17) is 10.8 Å². The number of benzene rings is 1. The molecule has 0 aliphatic heterocycles. The lowest BCUT2D eigenvalue weighted by molar-refractivity contribution is 0.468. The van der Waals surface area contributed by atoms with Gasteiger partial charge in [-0.05, 0) is 41.6 Å². The number of rotatable bonds is 1. The molecule has 0 saturated carbocycles. The number of aryl methyl sites for hydroxylation is 1. The van der Waals surface area contributed by atoms with Gasteiger partial charge in [-0.25, -0.2) is 9.07 Å². The number of nitrogens with zero attached hydrogens (tertiary/aromatic N) is 2. The van der Waals surface area contributed by atoms with Crippen LogP contribution in [-0.2, 0) is 0 Å². The van der Waals surface area contributed by atoms with Gasteiger partial charge in [0.15, 0.2) is 5.82 Å². The van der Waals surface area contributed by atoms with Crippen LogP contribution < -0.4 is 5.73 Å². The summed E-state index contributed by atoms with van der Waals surface area (Å²) in [5.41, 5.74) is 7.21. The van der Waals surface area contributed by atoms with Crippen molar-refractivity contribution in [1.29, 1.82) is 0 Å². The van der Waals surface area contributed by atoms with E-state index < -0.39 is 5.82 Å². The third-order valence-corrected chi connectivity index (χ3v) is 3.25. The summed E-state index contributed by atoms with van der Waals surface area (Å²) in [6, 6.07) is 3.90. The fraction of sp³-hybridized carbons (Fsp3) is 0.100. The highest BCUT2D eigenvalue weighted by molar-refractivity contribution is 14.1. The maximum Gasteiger partial charge on any atom is 0.152 e. The summed E-state index contributed by atoms with van der Waals surface area (Å²) in [4.78, 5) is 0. The van der Waals surface area contributed by atoms with Gasteiger partial charge in [-0.1, -0.05) is 0 Å². The SMILES string of the molecule is Cc1nn(-c2ccc(O)cc2F)c(I)c1N. The van der Waals surface area contributed by atoms with Crippen LogP contribution in [0.5, 0.6) is 5.75 Å². The zero-order chi connectivity index (χ0) is 11.9. The van der Waals surface area contributed by atoms with E-state index in [2.05, 4.69) is 5.10 Å². The zero-order valence-corrected chi connectivity index (χ0v) is 10.6. The third kappa shape index (κ3) is 1.73. The number of nitrogens with two attached hydrogens (primary N) is 1. The molecule has 0 radical (unpaired) electrons. The molecule has 16 heavy (non-hydrogen) atoms. The minimum absolute atomic E-state index is 0.117. The van der Waals surface area contributed by atoms with E-state index in [1.807, 2.05) is 22.6 Å². The van der Waals surface area contributed by atoms with Crippen molar-refractivity contribution < 1.29 is 9.50 Å². The summed E-state index contributed by atoms with van der Waals surface area (Å²) >= 11 is 2.00. The summed E-state index contributed by atoms with van der Waals surface area (Å²) in [6.45, 7) is 1.76. The number of anilines is 1. The Labute approximate surface area is 105 Å². The van der Waals surface area contributed by atoms with E-state index >= 15 is 0 Å². The summed E-state index contributed by atoms with van der Waals surface area (Å²) < 4.78 is 15.7. The number of nitrogen functional groups attached to an aromatic ring is 1. The molecule has 0 aliphatic rings. The Morgan fingerprint density at radius 3 is 2.69 bits per heavy atom. The van der Waals surface area contributed by atoms with Crippen LogP contribution in [0.4, 0.5) is 10.1 Å². The minimum atomic E-state index is -0.541. The maximum absolute atomic E-state index is 13.6. The molecule has 0 spiro atoms. The van der Waals surface area contributed by atoms with Gasteiger partial charge < -0.3 is 10.8 Å². The first-order valence-corrected chi connectivity index (χ1v) is 5.58. The summed E-state index contributed by atoms with van der Waals surface area (Å²) in [5.74, 6) is -0.659. The number of hydrogen-bond acceptors (Lipinski definition) is 3. The number of aromatic nitrogens is 2. The first-order valence-electron chi connectivity index (χ1n) is 4.50. The predicted octanol–water partition coefficient (Wildman–Crippen LogP) is 2.21. The van der Waals surface area contributed by atoms with Crippen LogP contribution in [-0.4, -0.2) is 14.9 Å². The average molecular weight is 333 g/mol. The van der Waals surface area contributed by atoms with Gasteiger partial charge in [-0.3, -0.25) is 0 Å². The number of aromatic hydroxyl groups is 1. The Balaban J connectivity index is 2.63. The van der Waals surface area contributed by atoms with Gasteiger partial charge in [0.2, 0.25) is 0 Å². The van der Waals surface area contributed by atoms with Gasteiger partial charge in [-0.15, -0.1) is 0 Å². The van der Waals surface area contributed by atoms with E-state index in [0.717, 1.165) is 6.07 Å². The Morgan fingerprint density at radius 2 is 2.19 bits per heavy atom. The Morgan fingerprint density at radius 1 is 1.50 bits per heavy atom. The van der Waals surface area contributed by atoms with Gasteiger partial charge in [0.1, 0.15) is 15.1 Å². The first kappa shape index (κ1) is 11.2. The number of phenols is 1. The van der Waals surface area contributed by atoms with Crippen LogP contribution in [0.2, 0.25) is 0 Å². The smallest absolute Gasteiger partial charge is 0.152 e. The zero-order valence-electron chi connectivity index (χ0n) is 8.41. The lowest BCUT2D eigenvalue weighted by Gasteiger charge is -2.05. The minimum Gasteiger partial charge on any atom is -0.508 e. The molecule has 2 aromatic rings. The summed E-state index contributed by atoms with van der Waals surface area (Å²) in [6.07, 6.45) is 0. The summed E-state index contributed by atoms with van der Waals surface area (Å²) in [5, 5.41) is 13.3. The molecule has 0 amide bonds. The largest absolute Gasteiger partial charge is 0.508 e. The van der Waals surface area contributed by atoms with Crippen LogP contribution in [0.15, 0.2) is 18.2 Å². The lowest BCUT2D eigenvalue weighted by atomic mass is 10.3. The van der Waals surface area contributed by atoms with Gasteiger partial charge in [0.25, 0.3) is 0 Å². The van der Waals surface area contributed by atoms with Crippen LogP contribution in [0.3, 0.4) is 0 Å². The molecule has 1 aromatic heterocycles. The molecule has 84 valence electrons. The van der Waals surface area contributed by atoms with Gasteiger partial charge >= 0.3 is 0 Å². The Kier molecular flexibility index (Phi) is 2.75. The molecule has 0 saturated heterocycles. The molecular formula is C10H9FIN3O. The molecule has 0 bridgehead atoms. The molecular weight excluding hydrogens is 324 g/mol. The van der Waals surface area contributed by atoms with Gasteiger partial charge in [0, 0.05) is 6.07 Å². The lowest BCUT2D eigenvalue weighted by Crippen LogP contribution is -2.02. The maximum atomic E-state index is 13.6. The second-order valence-corrected chi connectivity index (χ2v) is 4.36. The monoisotopic (exact) mass is 333 g/mol. The van der Waals surface area contributed by atoms with Crippen molar-refractivity contribution in [2.24, 2.45) is 0 Å². The van der Waals surface area contributed by atoms with E-state index in [0.29, 0.717) is 15.1 Å². The normalized spacial score (nSPS) is 10.7. The van der Waals surface area contributed by atoms with Gasteiger partial charge in [-0.2, -0.15) is 5.10 Å². The Bertz CT molecular complexity index is 553. The average Bonchev–Trinajstić information content (AvgIpc) is 2.46. The van der Waals surface area contributed by atoms with Crippen LogP contribution in [0.25, 0.3) is 5.69 Å². The quantitative estimate of drug-likeness (QED) is 0.787. The predicted molar refractivity (Wildman–Crippen MR) is 67.1 cm³/mol. The fourth-order valence-electron chi connectivity index (χ4n) is 1.34. The highest BCUT2D eigenvalue weighted by atomic mass is 127. The summed E-state index contributed by atoms with van der Waals surface area (Å²) in [7, 11) is 0. The number of phenolic OH excluding ortho intramolecular Hbond substituents is 1. The molecule has 0 unspecified atom stereocenters. The van der Waals surface area contributed by atoms with Gasteiger partial charge in [0.05, 0.1) is 11.4 Å². The molecule has 1 heterocycles. The van der Waals surface area contributed by atoms with Crippen LogP contribution in [0, 0.1) is 16.4 Å². The van der Waals surface area contributed by atoms with Crippen LogP contribution in [0.1, 0.15) is 5.69 Å². The topological polar surface area (TPSA) is 64.1 Å². The van der Waals surface area contributed by atoms with E-state index in [1.54, 1.807) is 6.92 Å². The van der Waals surface area contributed by atoms with E-state index in [9.17, 15) is 4.39 Å². The van der Waals surface area contributed by atoms with Crippen molar-refractivity contribution in [2.75, 3.05) is 5.73 Å². The third-order valence-electron chi connectivity index (χ3n) is 2.21. The molecule has 0 fully saturated rings. The van der Waals surface area contributed by atoms with Crippen molar-refractivity contribution in [1.82, 2.24) is 9.78 Å². The van der Waals surface area contributed by atoms with Crippen molar-refractivity contribution in [3.8, 4) is 11.4 Å². The van der Waals surface area contributed by atoms with E-state index in [1.165, 1.54) is 16.8 Å². The van der Waals surface area contributed by atoms with Crippen molar-refractivity contribution in [3.63, 3.8) is 0 Å². The van der Waals surface area contributed by atoms with E-state index in [-0.39, 0.29) is 11.4 Å². The molecule has 3 N–H and O–H groups in total. The fourth-order valence-corrected chi connectivity index (χ4v) is 2.10. The molecule has 0 aliphatic carbocycles. The molecule has 0 atom stereocenters. The first-order chi connectivity index (χ1) is 7.50. The second-order valence-electron chi connectivity index (χ2n) is 3.34.